The topological polar surface area (TPSA) is 55.6 Å². The van der Waals surface area contributed by atoms with E-state index in [0.717, 1.165) is 5.56 Å². The number of benzene rings is 1. The van der Waals surface area contributed by atoms with Crippen LogP contribution in [0, 0.1) is 0 Å². The summed E-state index contributed by atoms with van der Waals surface area (Å²) in [6.07, 6.45) is 1.15. The maximum Gasteiger partial charge on any atom is 0.243 e. The molecule has 21 heavy (non-hydrogen) atoms. The van der Waals surface area contributed by atoms with E-state index < -0.39 is 5.54 Å². The molecule has 0 atom stereocenters. The van der Waals surface area contributed by atoms with Crippen LogP contribution in [0.2, 0.25) is 5.02 Å². The number of carbonyl (C=O) groups is 1. The summed E-state index contributed by atoms with van der Waals surface area (Å²) in [6, 6.07) is 7.67. The van der Waals surface area contributed by atoms with Gasteiger partial charge in [-0.3, -0.25) is 4.79 Å². The van der Waals surface area contributed by atoms with E-state index in [1.807, 2.05) is 43.0 Å². The first kappa shape index (κ1) is 16.3. The zero-order valence-corrected chi connectivity index (χ0v) is 13.4. The standard InChI is InChI=1S/C16H23ClN2O2/c1-12(2)19(11-13-4-3-5-14(17)10-13)15(20)16(18)6-8-21-9-7-16/h3-5,10,12H,6-9,11,18H2,1-2H3. The molecule has 1 aromatic rings. The van der Waals surface area contributed by atoms with E-state index in [-0.39, 0.29) is 11.9 Å². The Balaban J connectivity index is 2.16. The summed E-state index contributed by atoms with van der Waals surface area (Å²) in [6.45, 7) is 5.63. The van der Waals surface area contributed by atoms with E-state index in [0.29, 0.717) is 37.6 Å². The van der Waals surface area contributed by atoms with Crippen molar-refractivity contribution in [3.63, 3.8) is 0 Å². The maximum atomic E-state index is 12.9. The number of hydrogen-bond donors (Lipinski definition) is 1. The molecule has 0 spiro atoms. The van der Waals surface area contributed by atoms with Gasteiger partial charge in [0.05, 0.1) is 5.54 Å². The smallest absolute Gasteiger partial charge is 0.243 e. The summed E-state index contributed by atoms with van der Waals surface area (Å²) >= 11 is 6.02. The van der Waals surface area contributed by atoms with Crippen LogP contribution in [0.3, 0.4) is 0 Å². The van der Waals surface area contributed by atoms with Gasteiger partial charge in [0, 0.05) is 30.8 Å². The predicted molar refractivity (Wildman–Crippen MR) is 84.1 cm³/mol. The van der Waals surface area contributed by atoms with Crippen molar-refractivity contribution in [1.82, 2.24) is 4.90 Å². The average Bonchev–Trinajstić information content (AvgIpc) is 2.44. The van der Waals surface area contributed by atoms with Gasteiger partial charge in [0.25, 0.3) is 0 Å². The minimum atomic E-state index is -0.804. The normalized spacial score (nSPS) is 17.8. The highest BCUT2D eigenvalue weighted by Crippen LogP contribution is 2.23. The van der Waals surface area contributed by atoms with Crippen molar-refractivity contribution >= 4 is 17.5 Å². The van der Waals surface area contributed by atoms with E-state index in [9.17, 15) is 4.79 Å². The Bertz CT molecular complexity index is 499. The monoisotopic (exact) mass is 310 g/mol. The number of amides is 1. The molecule has 1 amide bonds. The summed E-state index contributed by atoms with van der Waals surface area (Å²) in [7, 11) is 0. The fourth-order valence-electron chi connectivity index (χ4n) is 2.56. The molecular weight excluding hydrogens is 288 g/mol. The summed E-state index contributed by atoms with van der Waals surface area (Å²) in [5.41, 5.74) is 6.54. The Morgan fingerprint density at radius 1 is 1.43 bits per heavy atom. The number of hydrogen-bond acceptors (Lipinski definition) is 3. The Morgan fingerprint density at radius 3 is 2.67 bits per heavy atom. The summed E-state index contributed by atoms with van der Waals surface area (Å²) in [5, 5.41) is 0.678. The van der Waals surface area contributed by atoms with Gasteiger partial charge in [-0.05, 0) is 44.4 Å². The molecule has 0 aliphatic carbocycles. The Hall–Kier alpha value is -1.10. The second-order valence-electron chi connectivity index (χ2n) is 5.93. The van der Waals surface area contributed by atoms with Crippen molar-refractivity contribution in [2.45, 2.75) is 44.8 Å². The Labute approximate surface area is 131 Å². The van der Waals surface area contributed by atoms with E-state index >= 15 is 0 Å². The molecule has 1 saturated heterocycles. The number of rotatable bonds is 4. The third-order valence-corrected chi connectivity index (χ3v) is 4.17. The first-order valence-corrected chi connectivity index (χ1v) is 7.72. The lowest BCUT2D eigenvalue weighted by Gasteiger charge is -2.38. The molecule has 0 radical (unpaired) electrons. The molecule has 2 rings (SSSR count). The molecule has 0 bridgehead atoms. The molecular formula is C16H23ClN2O2. The number of nitrogens with zero attached hydrogens (tertiary/aromatic N) is 1. The lowest BCUT2D eigenvalue weighted by molar-refractivity contribution is -0.143. The summed E-state index contributed by atoms with van der Waals surface area (Å²) < 4.78 is 5.32. The van der Waals surface area contributed by atoms with Gasteiger partial charge in [0.2, 0.25) is 5.91 Å². The van der Waals surface area contributed by atoms with Crippen LogP contribution in [0.4, 0.5) is 0 Å². The molecule has 116 valence electrons. The van der Waals surface area contributed by atoms with Crippen LogP contribution in [-0.2, 0) is 16.1 Å². The zero-order valence-electron chi connectivity index (χ0n) is 12.6. The Kier molecular flexibility index (Phi) is 5.25. The first-order valence-electron chi connectivity index (χ1n) is 7.34. The van der Waals surface area contributed by atoms with E-state index in [2.05, 4.69) is 0 Å². The van der Waals surface area contributed by atoms with Gasteiger partial charge in [-0.15, -0.1) is 0 Å². The van der Waals surface area contributed by atoms with Crippen LogP contribution < -0.4 is 5.73 Å². The largest absolute Gasteiger partial charge is 0.381 e. The number of nitrogens with two attached hydrogens (primary N) is 1. The van der Waals surface area contributed by atoms with Crippen molar-refractivity contribution in [3.05, 3.63) is 34.9 Å². The molecule has 5 heteroatoms. The van der Waals surface area contributed by atoms with Crippen LogP contribution >= 0.6 is 11.6 Å². The van der Waals surface area contributed by atoms with E-state index in [4.69, 9.17) is 22.1 Å². The van der Waals surface area contributed by atoms with Gasteiger partial charge < -0.3 is 15.4 Å². The number of ether oxygens (including phenoxy) is 1. The zero-order chi connectivity index (χ0) is 15.5. The highest BCUT2D eigenvalue weighted by atomic mass is 35.5. The Morgan fingerprint density at radius 2 is 2.10 bits per heavy atom. The summed E-state index contributed by atoms with van der Waals surface area (Å²) in [4.78, 5) is 14.7. The van der Waals surface area contributed by atoms with E-state index in [1.54, 1.807) is 0 Å². The minimum Gasteiger partial charge on any atom is -0.381 e. The van der Waals surface area contributed by atoms with Crippen molar-refractivity contribution < 1.29 is 9.53 Å². The van der Waals surface area contributed by atoms with Crippen LogP contribution in [0.15, 0.2) is 24.3 Å². The molecule has 1 aliphatic rings. The van der Waals surface area contributed by atoms with Crippen molar-refractivity contribution in [3.8, 4) is 0 Å². The lowest BCUT2D eigenvalue weighted by Crippen LogP contribution is -2.59. The fourth-order valence-corrected chi connectivity index (χ4v) is 2.77. The third-order valence-electron chi connectivity index (χ3n) is 3.94. The second-order valence-corrected chi connectivity index (χ2v) is 6.36. The quantitative estimate of drug-likeness (QED) is 0.930. The second kappa shape index (κ2) is 6.77. The van der Waals surface area contributed by atoms with Gasteiger partial charge in [-0.1, -0.05) is 23.7 Å². The number of carbonyl (C=O) groups excluding carboxylic acids is 1. The lowest BCUT2D eigenvalue weighted by atomic mass is 9.89. The van der Waals surface area contributed by atoms with Crippen molar-refractivity contribution in [1.29, 1.82) is 0 Å². The molecule has 4 nitrogen and oxygen atoms in total. The highest BCUT2D eigenvalue weighted by Gasteiger charge is 2.39. The minimum absolute atomic E-state index is 0.000718. The highest BCUT2D eigenvalue weighted by molar-refractivity contribution is 6.30. The van der Waals surface area contributed by atoms with Crippen molar-refractivity contribution in [2.24, 2.45) is 5.73 Å². The fraction of sp³-hybridized carbons (Fsp3) is 0.562. The molecule has 1 aliphatic heterocycles. The third kappa shape index (κ3) is 3.96. The van der Waals surface area contributed by atoms with Crippen LogP contribution in [0.25, 0.3) is 0 Å². The predicted octanol–water partition coefficient (Wildman–Crippen LogP) is 2.58. The average molecular weight is 311 g/mol. The van der Waals surface area contributed by atoms with Gasteiger partial charge in [0.15, 0.2) is 0 Å². The molecule has 0 unspecified atom stereocenters. The molecule has 0 aromatic heterocycles. The van der Waals surface area contributed by atoms with Gasteiger partial charge >= 0.3 is 0 Å². The molecule has 1 fully saturated rings. The van der Waals surface area contributed by atoms with Gasteiger partial charge in [-0.2, -0.15) is 0 Å². The van der Waals surface area contributed by atoms with Gasteiger partial charge in [0.1, 0.15) is 0 Å². The molecule has 0 saturated carbocycles. The van der Waals surface area contributed by atoms with Crippen molar-refractivity contribution in [2.75, 3.05) is 13.2 Å². The molecule has 1 aromatic carbocycles. The molecule has 1 heterocycles. The maximum absolute atomic E-state index is 12.9. The van der Waals surface area contributed by atoms with E-state index in [1.165, 1.54) is 0 Å². The van der Waals surface area contributed by atoms with Crippen LogP contribution in [-0.4, -0.2) is 35.6 Å². The van der Waals surface area contributed by atoms with Gasteiger partial charge in [-0.25, -0.2) is 0 Å². The molecule has 2 N–H and O–H groups in total. The SMILES string of the molecule is CC(C)N(Cc1cccc(Cl)c1)C(=O)C1(N)CCOCC1. The summed E-state index contributed by atoms with van der Waals surface area (Å²) in [5.74, 6) is 0.000718. The van der Waals surface area contributed by atoms with Crippen LogP contribution in [0.5, 0.6) is 0 Å². The first-order chi connectivity index (χ1) is 9.92. The van der Waals surface area contributed by atoms with Crippen LogP contribution in [0.1, 0.15) is 32.3 Å². The number of halogens is 1.